The standard InChI is InChI=1S/C20H16N6O2S2/c1-12-3-4-13(2)15(9-12)27-10-17-22-24-20(28-17)30-18-6-5-16-21-23-19(26(16)25-18)14-7-8-29-11-14/h3-9,11H,10H2,1-2H3. The van der Waals surface area contributed by atoms with E-state index in [1.165, 1.54) is 11.8 Å². The van der Waals surface area contributed by atoms with Crippen molar-refractivity contribution in [3.05, 3.63) is 64.2 Å². The molecular formula is C20H16N6O2S2. The molecule has 4 heterocycles. The van der Waals surface area contributed by atoms with Crippen molar-refractivity contribution in [3.8, 4) is 17.1 Å². The van der Waals surface area contributed by atoms with Gasteiger partial charge in [0, 0.05) is 10.9 Å². The zero-order chi connectivity index (χ0) is 20.5. The van der Waals surface area contributed by atoms with Crippen LogP contribution in [0.4, 0.5) is 0 Å². The average Bonchev–Trinajstić information content (AvgIpc) is 3.49. The third kappa shape index (κ3) is 3.79. The van der Waals surface area contributed by atoms with Crippen molar-refractivity contribution in [3.63, 3.8) is 0 Å². The summed E-state index contributed by atoms with van der Waals surface area (Å²) in [6, 6.07) is 11.8. The van der Waals surface area contributed by atoms with Gasteiger partial charge in [-0.05, 0) is 66.4 Å². The molecule has 0 spiro atoms. The number of hydrogen-bond acceptors (Lipinski definition) is 9. The fourth-order valence-electron chi connectivity index (χ4n) is 2.83. The third-order valence-electron chi connectivity index (χ3n) is 4.35. The largest absolute Gasteiger partial charge is 0.484 e. The number of ether oxygens (including phenoxy) is 1. The highest BCUT2D eigenvalue weighted by Gasteiger charge is 2.14. The maximum absolute atomic E-state index is 5.83. The third-order valence-corrected chi connectivity index (χ3v) is 5.80. The van der Waals surface area contributed by atoms with Gasteiger partial charge in [-0.2, -0.15) is 21.0 Å². The number of fused-ring (bicyclic) bond motifs is 1. The molecule has 0 saturated heterocycles. The molecule has 0 aliphatic carbocycles. The summed E-state index contributed by atoms with van der Waals surface area (Å²) in [5, 5.41) is 26.3. The Bertz CT molecular complexity index is 1310. The number of benzene rings is 1. The highest BCUT2D eigenvalue weighted by Crippen LogP contribution is 2.27. The Hall–Kier alpha value is -3.24. The Morgan fingerprint density at radius 3 is 2.87 bits per heavy atom. The molecule has 10 heteroatoms. The van der Waals surface area contributed by atoms with Gasteiger partial charge in [-0.15, -0.1) is 20.4 Å². The molecule has 0 atom stereocenters. The van der Waals surface area contributed by atoms with Gasteiger partial charge >= 0.3 is 0 Å². The first kappa shape index (κ1) is 18.8. The van der Waals surface area contributed by atoms with Crippen LogP contribution in [0.2, 0.25) is 0 Å². The van der Waals surface area contributed by atoms with E-state index in [0.29, 0.717) is 27.6 Å². The second-order valence-electron chi connectivity index (χ2n) is 6.60. The lowest BCUT2D eigenvalue weighted by Gasteiger charge is -2.07. The lowest BCUT2D eigenvalue weighted by Crippen LogP contribution is -1.97. The lowest BCUT2D eigenvalue weighted by atomic mass is 10.1. The summed E-state index contributed by atoms with van der Waals surface area (Å²) < 4.78 is 13.3. The van der Waals surface area contributed by atoms with Crippen LogP contribution in [0, 0.1) is 13.8 Å². The first-order valence-electron chi connectivity index (χ1n) is 9.11. The van der Waals surface area contributed by atoms with Crippen molar-refractivity contribution in [1.82, 2.24) is 30.0 Å². The van der Waals surface area contributed by atoms with Gasteiger partial charge in [0.05, 0.1) is 0 Å². The van der Waals surface area contributed by atoms with E-state index in [-0.39, 0.29) is 6.61 Å². The average molecular weight is 437 g/mol. The molecule has 5 rings (SSSR count). The van der Waals surface area contributed by atoms with Crippen LogP contribution in [0.15, 0.2) is 61.8 Å². The van der Waals surface area contributed by atoms with Gasteiger partial charge in [-0.25, -0.2) is 0 Å². The molecule has 0 unspecified atom stereocenters. The fourth-order valence-corrected chi connectivity index (χ4v) is 4.12. The smallest absolute Gasteiger partial charge is 0.283 e. The number of nitrogens with zero attached hydrogens (tertiary/aromatic N) is 6. The van der Waals surface area contributed by atoms with E-state index in [2.05, 4.69) is 25.5 Å². The van der Waals surface area contributed by atoms with Crippen molar-refractivity contribution >= 4 is 28.7 Å². The molecule has 150 valence electrons. The molecule has 0 radical (unpaired) electrons. The second-order valence-corrected chi connectivity index (χ2v) is 8.35. The van der Waals surface area contributed by atoms with E-state index in [9.17, 15) is 0 Å². The fraction of sp³-hybridized carbons (Fsp3) is 0.150. The Morgan fingerprint density at radius 2 is 2.00 bits per heavy atom. The van der Waals surface area contributed by atoms with Crippen LogP contribution in [0.5, 0.6) is 5.75 Å². The van der Waals surface area contributed by atoms with Gasteiger partial charge in [-0.1, -0.05) is 12.1 Å². The minimum absolute atomic E-state index is 0.206. The summed E-state index contributed by atoms with van der Waals surface area (Å²) in [5.41, 5.74) is 3.84. The van der Waals surface area contributed by atoms with Crippen LogP contribution in [0.1, 0.15) is 17.0 Å². The number of rotatable bonds is 6. The van der Waals surface area contributed by atoms with Crippen LogP contribution in [0.25, 0.3) is 17.0 Å². The van der Waals surface area contributed by atoms with Crippen LogP contribution in [-0.4, -0.2) is 30.0 Å². The quantitative estimate of drug-likeness (QED) is 0.382. The highest BCUT2D eigenvalue weighted by atomic mass is 32.2. The molecule has 30 heavy (non-hydrogen) atoms. The Morgan fingerprint density at radius 1 is 1.07 bits per heavy atom. The normalized spacial score (nSPS) is 11.3. The summed E-state index contributed by atoms with van der Waals surface area (Å²) in [6.07, 6.45) is 0. The van der Waals surface area contributed by atoms with Crippen molar-refractivity contribution in [1.29, 1.82) is 0 Å². The Kier molecular flexibility index (Phi) is 4.93. The number of aryl methyl sites for hydroxylation is 2. The molecule has 4 aromatic heterocycles. The van der Waals surface area contributed by atoms with Crippen molar-refractivity contribution in [2.75, 3.05) is 0 Å². The van der Waals surface area contributed by atoms with E-state index in [1.54, 1.807) is 15.9 Å². The van der Waals surface area contributed by atoms with Gasteiger partial charge < -0.3 is 9.15 Å². The summed E-state index contributed by atoms with van der Waals surface area (Å²) in [7, 11) is 0. The molecule has 0 saturated carbocycles. The van der Waals surface area contributed by atoms with E-state index in [0.717, 1.165) is 22.4 Å². The van der Waals surface area contributed by atoms with Gasteiger partial charge in [0.25, 0.3) is 11.1 Å². The molecule has 5 aromatic rings. The molecule has 0 aliphatic rings. The molecule has 0 fully saturated rings. The van der Waals surface area contributed by atoms with E-state index < -0.39 is 0 Å². The van der Waals surface area contributed by atoms with Crippen LogP contribution in [-0.2, 0) is 6.61 Å². The summed E-state index contributed by atoms with van der Waals surface area (Å²) in [6.45, 7) is 4.23. The van der Waals surface area contributed by atoms with Crippen molar-refractivity contribution in [2.45, 2.75) is 30.7 Å². The van der Waals surface area contributed by atoms with Gasteiger partial charge in [-0.3, -0.25) is 0 Å². The maximum Gasteiger partial charge on any atom is 0.283 e. The molecule has 8 nitrogen and oxygen atoms in total. The van der Waals surface area contributed by atoms with Crippen LogP contribution < -0.4 is 4.74 Å². The SMILES string of the molecule is Cc1ccc(C)c(OCc2nnc(Sc3ccc4nnc(-c5ccsc5)n4n3)o2)c1. The molecule has 0 N–H and O–H groups in total. The summed E-state index contributed by atoms with van der Waals surface area (Å²) >= 11 is 2.88. The van der Waals surface area contributed by atoms with E-state index in [4.69, 9.17) is 9.15 Å². The number of thiophene rings is 1. The first-order valence-corrected chi connectivity index (χ1v) is 10.9. The highest BCUT2D eigenvalue weighted by molar-refractivity contribution is 7.99. The first-order chi connectivity index (χ1) is 14.7. The number of aromatic nitrogens is 6. The van der Waals surface area contributed by atoms with Crippen LogP contribution in [0.3, 0.4) is 0 Å². The summed E-state index contributed by atoms with van der Waals surface area (Å²) in [4.78, 5) is 0. The predicted molar refractivity (Wildman–Crippen MR) is 113 cm³/mol. The van der Waals surface area contributed by atoms with E-state index in [1.807, 2.05) is 61.0 Å². The molecule has 0 bridgehead atoms. The van der Waals surface area contributed by atoms with Gasteiger partial charge in [0.2, 0.25) is 0 Å². The zero-order valence-electron chi connectivity index (χ0n) is 16.1. The van der Waals surface area contributed by atoms with E-state index >= 15 is 0 Å². The second kappa shape index (κ2) is 7.88. The van der Waals surface area contributed by atoms with Gasteiger partial charge in [0.15, 0.2) is 18.1 Å². The predicted octanol–water partition coefficient (Wildman–Crippen LogP) is 4.58. The maximum atomic E-state index is 5.83. The van der Waals surface area contributed by atoms with Crippen LogP contribution >= 0.6 is 23.1 Å². The number of hydrogen-bond donors (Lipinski definition) is 0. The molecule has 0 amide bonds. The Labute approximate surface area is 179 Å². The monoisotopic (exact) mass is 436 g/mol. The molecular weight excluding hydrogens is 420 g/mol. The van der Waals surface area contributed by atoms with Gasteiger partial charge in [0.1, 0.15) is 10.8 Å². The lowest BCUT2D eigenvalue weighted by molar-refractivity contribution is 0.250. The minimum atomic E-state index is 0.206. The molecule has 0 aliphatic heterocycles. The topological polar surface area (TPSA) is 91.2 Å². The van der Waals surface area contributed by atoms with Crippen molar-refractivity contribution < 1.29 is 9.15 Å². The Balaban J connectivity index is 1.32. The zero-order valence-corrected chi connectivity index (χ0v) is 17.8. The minimum Gasteiger partial charge on any atom is -0.484 e. The molecule has 1 aromatic carbocycles. The van der Waals surface area contributed by atoms with Crippen molar-refractivity contribution in [2.24, 2.45) is 0 Å². The summed E-state index contributed by atoms with van der Waals surface area (Å²) in [5.74, 6) is 1.91.